The van der Waals surface area contributed by atoms with Gasteiger partial charge in [-0.3, -0.25) is 14.4 Å². The van der Waals surface area contributed by atoms with Crippen molar-refractivity contribution in [1.29, 1.82) is 0 Å². The van der Waals surface area contributed by atoms with Crippen molar-refractivity contribution in [1.82, 2.24) is 20.0 Å². The van der Waals surface area contributed by atoms with E-state index in [1.165, 1.54) is 0 Å². The molecule has 9 heteroatoms. The highest BCUT2D eigenvalue weighted by atomic mass is 32.1. The molecule has 0 unspecified atom stereocenters. The van der Waals surface area contributed by atoms with Crippen molar-refractivity contribution < 1.29 is 19.0 Å². The smallest absolute Gasteiger partial charge is 0.276 e. The quantitative estimate of drug-likeness (QED) is 0.302. The maximum atomic E-state index is 13.0. The maximum Gasteiger partial charge on any atom is 0.276 e. The number of benzene rings is 2. The lowest BCUT2D eigenvalue weighted by molar-refractivity contribution is -0.122. The van der Waals surface area contributed by atoms with E-state index in [0.29, 0.717) is 48.7 Å². The van der Waals surface area contributed by atoms with Crippen LogP contribution in [0.2, 0.25) is 0 Å². The van der Waals surface area contributed by atoms with E-state index in [1.807, 2.05) is 74.1 Å². The van der Waals surface area contributed by atoms with Crippen LogP contribution in [0.15, 0.2) is 60.6 Å². The molecule has 1 aromatic heterocycles. The zero-order valence-corrected chi connectivity index (χ0v) is 21.5. The normalized spacial score (nSPS) is 14.3. The summed E-state index contributed by atoms with van der Waals surface area (Å²) < 4.78 is 19.2. The predicted molar refractivity (Wildman–Crippen MR) is 142 cm³/mol. The van der Waals surface area contributed by atoms with E-state index >= 15 is 0 Å². The largest absolute Gasteiger partial charge is 0.490 e. The Kier molecular flexibility index (Phi) is 8.22. The standard InChI is InChI=1S/C27H30N4O4S/c1-4-30-16-21(15-28-30)17-31-26(32)23(29-27(31)36)13-19-8-7-9-22(12-19)35-18-20-10-11-24(33-5-2)25(14-20)34-6-3/h7-16H,4-6,17-18H2,1-3H3,(H,29,36)/b23-13+. The maximum absolute atomic E-state index is 13.0. The van der Waals surface area contributed by atoms with Gasteiger partial charge < -0.3 is 19.5 Å². The van der Waals surface area contributed by atoms with E-state index in [0.717, 1.165) is 29.0 Å². The lowest BCUT2D eigenvalue weighted by Gasteiger charge is -2.13. The molecule has 2 aromatic carbocycles. The number of carbonyl (C=O) groups excluding carboxylic acids is 1. The van der Waals surface area contributed by atoms with Crippen LogP contribution in [0.5, 0.6) is 17.2 Å². The molecule has 0 bridgehead atoms. The summed E-state index contributed by atoms with van der Waals surface area (Å²) in [6, 6.07) is 13.4. The minimum atomic E-state index is -0.173. The molecule has 188 valence electrons. The summed E-state index contributed by atoms with van der Waals surface area (Å²) >= 11 is 5.40. The molecule has 4 rings (SSSR count). The van der Waals surface area contributed by atoms with Gasteiger partial charge in [0.2, 0.25) is 0 Å². The molecule has 1 aliphatic rings. The van der Waals surface area contributed by atoms with E-state index in [2.05, 4.69) is 10.4 Å². The summed E-state index contributed by atoms with van der Waals surface area (Å²) in [5.74, 6) is 1.94. The number of aromatic nitrogens is 2. The first-order chi connectivity index (χ1) is 17.5. The van der Waals surface area contributed by atoms with Crippen LogP contribution < -0.4 is 19.5 Å². The third kappa shape index (κ3) is 6.04. The van der Waals surface area contributed by atoms with E-state index in [4.69, 9.17) is 26.4 Å². The average molecular weight is 507 g/mol. The second kappa shape index (κ2) is 11.7. The number of thiocarbonyl (C=S) groups is 1. The van der Waals surface area contributed by atoms with Gasteiger partial charge in [-0.1, -0.05) is 18.2 Å². The van der Waals surface area contributed by atoms with Crippen LogP contribution >= 0.6 is 12.2 Å². The topological polar surface area (TPSA) is 77.9 Å². The Hall–Kier alpha value is -3.85. The molecular formula is C27H30N4O4S. The van der Waals surface area contributed by atoms with Crippen LogP contribution in [0.4, 0.5) is 0 Å². The second-order valence-electron chi connectivity index (χ2n) is 8.09. The van der Waals surface area contributed by atoms with E-state index < -0.39 is 0 Å². The highest BCUT2D eigenvalue weighted by Gasteiger charge is 2.30. The first kappa shape index (κ1) is 25.2. The number of nitrogens with zero attached hydrogens (tertiary/aromatic N) is 3. The van der Waals surface area contributed by atoms with Crippen LogP contribution in [0.25, 0.3) is 6.08 Å². The highest BCUT2D eigenvalue weighted by molar-refractivity contribution is 7.80. The molecule has 0 atom stereocenters. The third-order valence-corrected chi connectivity index (χ3v) is 5.82. The second-order valence-corrected chi connectivity index (χ2v) is 8.48. The predicted octanol–water partition coefficient (Wildman–Crippen LogP) is 4.54. The summed E-state index contributed by atoms with van der Waals surface area (Å²) in [6.45, 7) is 8.53. The molecule has 1 amide bonds. The first-order valence-corrected chi connectivity index (χ1v) is 12.4. The zero-order valence-electron chi connectivity index (χ0n) is 20.7. The Bertz CT molecular complexity index is 1270. The van der Waals surface area contributed by atoms with Gasteiger partial charge in [0, 0.05) is 18.3 Å². The molecule has 1 N–H and O–H groups in total. The minimum Gasteiger partial charge on any atom is -0.490 e. The van der Waals surface area contributed by atoms with Gasteiger partial charge >= 0.3 is 0 Å². The van der Waals surface area contributed by atoms with Gasteiger partial charge in [0.1, 0.15) is 18.1 Å². The van der Waals surface area contributed by atoms with Gasteiger partial charge in [0.15, 0.2) is 16.6 Å². The Morgan fingerprint density at radius 2 is 1.81 bits per heavy atom. The van der Waals surface area contributed by atoms with Crippen molar-refractivity contribution in [2.45, 2.75) is 40.5 Å². The van der Waals surface area contributed by atoms with E-state index in [-0.39, 0.29) is 5.91 Å². The zero-order chi connectivity index (χ0) is 25.5. The number of hydrogen-bond donors (Lipinski definition) is 1. The molecule has 36 heavy (non-hydrogen) atoms. The fourth-order valence-electron chi connectivity index (χ4n) is 3.77. The lowest BCUT2D eigenvalue weighted by atomic mass is 10.1. The minimum absolute atomic E-state index is 0.173. The average Bonchev–Trinajstić information content (AvgIpc) is 3.44. The van der Waals surface area contributed by atoms with Crippen LogP contribution in [-0.2, 0) is 24.5 Å². The van der Waals surface area contributed by atoms with Gasteiger partial charge in [0.25, 0.3) is 5.91 Å². The number of amides is 1. The van der Waals surface area contributed by atoms with Crippen molar-refractivity contribution in [2.75, 3.05) is 13.2 Å². The summed E-state index contributed by atoms with van der Waals surface area (Å²) in [5, 5.41) is 7.67. The Labute approximate surface area is 216 Å². The Morgan fingerprint density at radius 1 is 1.00 bits per heavy atom. The number of rotatable bonds is 11. The fraction of sp³-hybridized carbons (Fsp3) is 0.296. The summed E-state index contributed by atoms with van der Waals surface area (Å²) in [5.41, 5.74) is 3.14. The monoisotopic (exact) mass is 506 g/mol. The Morgan fingerprint density at radius 3 is 2.56 bits per heavy atom. The number of carbonyl (C=O) groups is 1. The molecule has 0 radical (unpaired) electrons. The number of nitrogens with one attached hydrogen (secondary N) is 1. The summed E-state index contributed by atoms with van der Waals surface area (Å²) in [7, 11) is 0. The van der Waals surface area contributed by atoms with Crippen molar-refractivity contribution in [2.24, 2.45) is 0 Å². The van der Waals surface area contributed by atoms with Crippen LogP contribution in [0, 0.1) is 0 Å². The molecule has 8 nitrogen and oxygen atoms in total. The first-order valence-electron chi connectivity index (χ1n) is 12.0. The lowest BCUT2D eigenvalue weighted by Crippen LogP contribution is -2.29. The molecule has 0 saturated carbocycles. The van der Waals surface area contributed by atoms with E-state index in [9.17, 15) is 4.79 Å². The number of ether oxygens (including phenoxy) is 3. The van der Waals surface area contributed by atoms with Gasteiger partial charge in [-0.2, -0.15) is 5.10 Å². The van der Waals surface area contributed by atoms with Crippen molar-refractivity contribution in [3.63, 3.8) is 0 Å². The number of aryl methyl sites for hydroxylation is 1. The summed E-state index contributed by atoms with van der Waals surface area (Å²) in [4.78, 5) is 14.5. The van der Waals surface area contributed by atoms with Gasteiger partial charge in [-0.25, -0.2) is 0 Å². The molecule has 1 saturated heterocycles. The molecular weight excluding hydrogens is 476 g/mol. The van der Waals surface area contributed by atoms with Gasteiger partial charge in [0.05, 0.1) is 26.0 Å². The molecule has 1 fully saturated rings. The SMILES string of the molecule is CCOc1ccc(COc2cccc(/C=C3/NC(=S)N(Cc4cnn(CC)c4)C3=O)c2)cc1OCC. The van der Waals surface area contributed by atoms with E-state index in [1.54, 1.807) is 17.2 Å². The van der Waals surface area contributed by atoms with Crippen LogP contribution in [-0.4, -0.2) is 38.9 Å². The highest BCUT2D eigenvalue weighted by Crippen LogP contribution is 2.29. The van der Waals surface area contributed by atoms with Crippen molar-refractivity contribution in [3.8, 4) is 17.2 Å². The summed E-state index contributed by atoms with van der Waals surface area (Å²) in [6.07, 6.45) is 5.45. The van der Waals surface area contributed by atoms with Crippen LogP contribution in [0.3, 0.4) is 0 Å². The molecule has 0 spiro atoms. The van der Waals surface area contributed by atoms with Crippen molar-refractivity contribution in [3.05, 3.63) is 77.2 Å². The fourth-order valence-corrected chi connectivity index (χ4v) is 4.03. The Balaban J connectivity index is 1.42. The molecule has 3 aromatic rings. The van der Waals surface area contributed by atoms with Gasteiger partial charge in [-0.05, 0) is 74.5 Å². The molecule has 1 aliphatic heterocycles. The number of hydrogen-bond acceptors (Lipinski definition) is 6. The molecule has 2 heterocycles. The molecule has 0 aliphatic carbocycles. The van der Waals surface area contributed by atoms with Crippen LogP contribution in [0.1, 0.15) is 37.5 Å². The van der Waals surface area contributed by atoms with Crippen molar-refractivity contribution >= 4 is 29.3 Å². The third-order valence-electron chi connectivity index (χ3n) is 5.50. The van der Waals surface area contributed by atoms with Gasteiger partial charge in [-0.15, -0.1) is 0 Å².